The fourth-order valence-electron chi connectivity index (χ4n) is 2.93. The Labute approximate surface area is 127 Å². The highest BCUT2D eigenvalue weighted by Crippen LogP contribution is 2.35. The van der Waals surface area contributed by atoms with E-state index in [1.165, 1.54) is 21.1 Å². The maximum Gasteiger partial charge on any atom is 0.254 e. The molecule has 110 valence electrons. The first-order valence-electron chi connectivity index (χ1n) is 7.15. The number of carbonyl (C=O) groups excluding carboxylic acids is 1. The minimum absolute atomic E-state index is 0.0450. The number of nitrogens with zero attached hydrogens (tertiary/aromatic N) is 2. The molecule has 2 aromatic heterocycles. The number of aryl methyl sites for hydroxylation is 1. The number of rotatable bonds is 2. The third-order valence-corrected chi connectivity index (χ3v) is 5.09. The number of aromatic nitrogens is 1. The van der Waals surface area contributed by atoms with Crippen LogP contribution in [0.3, 0.4) is 0 Å². The Morgan fingerprint density at radius 2 is 2.24 bits per heavy atom. The van der Waals surface area contributed by atoms with Crippen molar-refractivity contribution in [2.75, 3.05) is 6.54 Å². The van der Waals surface area contributed by atoms with E-state index in [-0.39, 0.29) is 17.5 Å². The summed E-state index contributed by atoms with van der Waals surface area (Å²) in [5.41, 5.74) is 1.60. The van der Waals surface area contributed by atoms with Crippen LogP contribution in [0, 0.1) is 0 Å². The molecule has 0 aromatic carbocycles. The van der Waals surface area contributed by atoms with Crippen LogP contribution in [0.4, 0.5) is 0 Å². The van der Waals surface area contributed by atoms with Crippen LogP contribution in [0.1, 0.15) is 40.2 Å². The molecule has 0 bridgehead atoms. The molecule has 5 heteroatoms. The van der Waals surface area contributed by atoms with E-state index < -0.39 is 0 Å². The maximum absolute atomic E-state index is 12.7. The number of pyridine rings is 1. The Morgan fingerprint density at radius 3 is 2.95 bits per heavy atom. The molecular weight excluding hydrogens is 284 g/mol. The van der Waals surface area contributed by atoms with Crippen LogP contribution >= 0.6 is 11.3 Å². The summed E-state index contributed by atoms with van der Waals surface area (Å²) in [6, 6.07) is 5.40. The second kappa shape index (κ2) is 5.48. The van der Waals surface area contributed by atoms with E-state index >= 15 is 0 Å². The van der Waals surface area contributed by atoms with Crippen molar-refractivity contribution >= 4 is 17.2 Å². The third-order valence-electron chi connectivity index (χ3n) is 4.09. The van der Waals surface area contributed by atoms with Crippen LogP contribution in [-0.4, -0.2) is 21.9 Å². The minimum atomic E-state index is -0.151. The van der Waals surface area contributed by atoms with Crippen molar-refractivity contribution in [1.29, 1.82) is 0 Å². The van der Waals surface area contributed by atoms with Gasteiger partial charge < -0.3 is 9.47 Å². The topological polar surface area (TPSA) is 42.3 Å². The molecule has 3 rings (SSSR count). The van der Waals surface area contributed by atoms with Crippen LogP contribution in [-0.2, 0) is 13.5 Å². The van der Waals surface area contributed by atoms with Gasteiger partial charge in [-0.2, -0.15) is 0 Å². The first-order chi connectivity index (χ1) is 10.1. The van der Waals surface area contributed by atoms with Crippen molar-refractivity contribution in [1.82, 2.24) is 9.47 Å². The second-order valence-corrected chi connectivity index (χ2v) is 6.34. The van der Waals surface area contributed by atoms with E-state index in [1.807, 2.05) is 4.90 Å². The maximum atomic E-state index is 12.7. The van der Waals surface area contributed by atoms with Gasteiger partial charge in [0, 0.05) is 36.3 Å². The molecule has 1 atom stereocenters. The number of carbonyl (C=O) groups is 1. The average molecular weight is 302 g/mol. The molecule has 4 nitrogen and oxygen atoms in total. The highest BCUT2D eigenvalue weighted by atomic mass is 32.1. The smallest absolute Gasteiger partial charge is 0.254 e. The van der Waals surface area contributed by atoms with Gasteiger partial charge in [-0.05, 0) is 35.9 Å². The molecule has 0 fully saturated rings. The first kappa shape index (κ1) is 14.1. The molecule has 0 saturated carbocycles. The molecule has 1 aliphatic rings. The monoisotopic (exact) mass is 302 g/mol. The first-order valence-corrected chi connectivity index (χ1v) is 8.03. The van der Waals surface area contributed by atoms with Crippen molar-refractivity contribution in [3.63, 3.8) is 0 Å². The highest BCUT2D eigenvalue weighted by Gasteiger charge is 2.30. The average Bonchev–Trinajstić information content (AvgIpc) is 2.96. The number of thiophene rings is 1. The molecule has 0 radical (unpaired) electrons. The van der Waals surface area contributed by atoms with Crippen molar-refractivity contribution in [2.24, 2.45) is 7.05 Å². The minimum Gasteiger partial charge on any atom is -0.331 e. The van der Waals surface area contributed by atoms with Gasteiger partial charge >= 0.3 is 0 Å². The van der Waals surface area contributed by atoms with Crippen LogP contribution in [0.15, 0.2) is 34.6 Å². The van der Waals surface area contributed by atoms with E-state index in [0.717, 1.165) is 19.4 Å². The summed E-state index contributed by atoms with van der Waals surface area (Å²) < 4.78 is 1.47. The molecule has 0 spiro atoms. The van der Waals surface area contributed by atoms with Gasteiger partial charge in [0.05, 0.1) is 6.04 Å². The quantitative estimate of drug-likeness (QED) is 0.856. The largest absolute Gasteiger partial charge is 0.331 e. The second-order valence-electron chi connectivity index (χ2n) is 5.34. The van der Waals surface area contributed by atoms with Gasteiger partial charge in [0.1, 0.15) is 0 Å². The molecule has 0 saturated heterocycles. The standard InChI is InChI=1S/C16H18N2O2S/c1-3-13-12-6-9-21-14(12)5-8-18(13)16(20)11-4-7-17(2)15(19)10-11/h4,6-7,9-10,13H,3,5,8H2,1-2H3/t13-/m1/s1. The molecule has 1 amide bonds. The van der Waals surface area contributed by atoms with E-state index in [1.54, 1.807) is 30.6 Å². The van der Waals surface area contributed by atoms with Crippen molar-refractivity contribution in [2.45, 2.75) is 25.8 Å². The van der Waals surface area contributed by atoms with E-state index in [4.69, 9.17) is 0 Å². The zero-order valence-corrected chi connectivity index (χ0v) is 13.0. The summed E-state index contributed by atoms with van der Waals surface area (Å²) in [5, 5.41) is 2.10. The molecule has 0 N–H and O–H groups in total. The zero-order chi connectivity index (χ0) is 15.0. The van der Waals surface area contributed by atoms with Crippen molar-refractivity contribution in [3.05, 3.63) is 56.1 Å². The third kappa shape index (κ3) is 2.42. The van der Waals surface area contributed by atoms with E-state index in [2.05, 4.69) is 18.4 Å². The Hall–Kier alpha value is -1.88. The van der Waals surface area contributed by atoms with Gasteiger partial charge in [-0.3, -0.25) is 9.59 Å². The number of fused-ring (bicyclic) bond motifs is 1. The zero-order valence-electron chi connectivity index (χ0n) is 12.2. The molecular formula is C16H18N2O2S. The summed E-state index contributed by atoms with van der Waals surface area (Å²) in [5.74, 6) is -0.0450. The van der Waals surface area contributed by atoms with Gasteiger partial charge in [-0.1, -0.05) is 6.92 Å². The summed E-state index contributed by atoms with van der Waals surface area (Å²) in [6.07, 6.45) is 3.44. The van der Waals surface area contributed by atoms with Crippen LogP contribution in [0.2, 0.25) is 0 Å². The van der Waals surface area contributed by atoms with Gasteiger partial charge in [-0.25, -0.2) is 0 Å². The van der Waals surface area contributed by atoms with Gasteiger partial charge in [0.15, 0.2) is 0 Å². The van der Waals surface area contributed by atoms with Gasteiger partial charge in [-0.15, -0.1) is 11.3 Å². The van der Waals surface area contributed by atoms with Crippen LogP contribution < -0.4 is 5.56 Å². The van der Waals surface area contributed by atoms with Crippen LogP contribution in [0.5, 0.6) is 0 Å². The lowest BCUT2D eigenvalue weighted by Crippen LogP contribution is -2.39. The van der Waals surface area contributed by atoms with Crippen LogP contribution in [0.25, 0.3) is 0 Å². The number of amides is 1. The fraction of sp³-hybridized carbons (Fsp3) is 0.375. The molecule has 1 aliphatic heterocycles. The number of hydrogen-bond donors (Lipinski definition) is 0. The normalized spacial score (nSPS) is 17.6. The molecule has 3 heterocycles. The van der Waals surface area contributed by atoms with E-state index in [9.17, 15) is 9.59 Å². The Balaban J connectivity index is 1.94. The fourth-order valence-corrected chi connectivity index (χ4v) is 3.86. The SMILES string of the molecule is CC[C@@H]1c2ccsc2CCN1C(=O)c1ccn(C)c(=O)c1. The lowest BCUT2D eigenvalue weighted by atomic mass is 9.97. The van der Waals surface area contributed by atoms with Gasteiger partial charge in [0.25, 0.3) is 11.5 Å². The molecule has 2 aromatic rings. The summed E-state index contributed by atoms with van der Waals surface area (Å²) in [7, 11) is 1.68. The predicted molar refractivity (Wildman–Crippen MR) is 83.8 cm³/mol. The summed E-state index contributed by atoms with van der Waals surface area (Å²) in [6.45, 7) is 2.82. The Kier molecular flexibility index (Phi) is 3.68. The molecule has 0 unspecified atom stereocenters. The lowest BCUT2D eigenvalue weighted by molar-refractivity contribution is 0.0657. The lowest BCUT2D eigenvalue weighted by Gasteiger charge is -2.35. The summed E-state index contributed by atoms with van der Waals surface area (Å²) in [4.78, 5) is 27.8. The highest BCUT2D eigenvalue weighted by molar-refractivity contribution is 7.10. The summed E-state index contributed by atoms with van der Waals surface area (Å²) >= 11 is 1.77. The molecule has 21 heavy (non-hydrogen) atoms. The number of hydrogen-bond acceptors (Lipinski definition) is 3. The van der Waals surface area contributed by atoms with E-state index in [0.29, 0.717) is 5.56 Å². The Morgan fingerprint density at radius 1 is 1.43 bits per heavy atom. The predicted octanol–water partition coefficient (Wildman–Crippen LogP) is 2.60. The molecule has 0 aliphatic carbocycles. The van der Waals surface area contributed by atoms with Gasteiger partial charge in [0.2, 0.25) is 0 Å². The van der Waals surface area contributed by atoms with Crippen molar-refractivity contribution < 1.29 is 4.79 Å². The Bertz CT molecular complexity index is 732. The van der Waals surface area contributed by atoms with Crippen molar-refractivity contribution in [3.8, 4) is 0 Å².